The van der Waals surface area contributed by atoms with Crippen molar-refractivity contribution in [2.24, 2.45) is 5.92 Å². The van der Waals surface area contributed by atoms with E-state index in [0.29, 0.717) is 19.5 Å². The fourth-order valence-electron chi connectivity index (χ4n) is 2.89. The van der Waals surface area contributed by atoms with E-state index in [-0.39, 0.29) is 18.4 Å². The molecule has 1 aliphatic rings. The van der Waals surface area contributed by atoms with Gasteiger partial charge < -0.3 is 25.2 Å². The van der Waals surface area contributed by atoms with E-state index in [1.54, 1.807) is 4.68 Å². The fourth-order valence-corrected chi connectivity index (χ4v) is 2.89. The van der Waals surface area contributed by atoms with Crippen molar-refractivity contribution >= 4 is 5.91 Å². The number of rotatable bonds is 7. The molecule has 130 valence electrons. The summed E-state index contributed by atoms with van der Waals surface area (Å²) >= 11 is 0. The molecule has 2 rings (SSSR count). The lowest BCUT2D eigenvalue weighted by Gasteiger charge is -2.17. The van der Waals surface area contributed by atoms with Gasteiger partial charge in [-0.25, -0.2) is 0 Å². The van der Waals surface area contributed by atoms with Crippen LogP contribution in [0.3, 0.4) is 0 Å². The van der Waals surface area contributed by atoms with Gasteiger partial charge in [0.05, 0.1) is 17.8 Å². The predicted molar refractivity (Wildman–Crippen MR) is 81.3 cm³/mol. The zero-order valence-electron chi connectivity index (χ0n) is 13.7. The lowest BCUT2D eigenvalue weighted by atomic mass is 10.1. The lowest BCUT2D eigenvalue weighted by molar-refractivity contribution is -0.126. The summed E-state index contributed by atoms with van der Waals surface area (Å²) in [5.74, 6) is -0.509. The molecule has 1 aromatic rings. The smallest absolute Gasteiger partial charge is 0.246 e. The first-order chi connectivity index (χ1) is 10.9. The Morgan fingerprint density at radius 2 is 2.22 bits per heavy atom. The Hall–Kier alpha value is -1.55. The van der Waals surface area contributed by atoms with Gasteiger partial charge in [0.15, 0.2) is 0 Å². The van der Waals surface area contributed by atoms with Crippen LogP contribution in [0.2, 0.25) is 0 Å². The topological polar surface area (TPSA) is 113 Å². The van der Waals surface area contributed by atoms with Crippen LogP contribution in [-0.2, 0) is 22.6 Å². The molecule has 9 heteroatoms. The van der Waals surface area contributed by atoms with Gasteiger partial charge >= 0.3 is 0 Å². The van der Waals surface area contributed by atoms with Crippen LogP contribution in [-0.4, -0.2) is 82.1 Å². The number of nitrogens with one attached hydrogen (secondary N) is 1. The van der Waals surface area contributed by atoms with Gasteiger partial charge in [-0.15, -0.1) is 5.10 Å². The summed E-state index contributed by atoms with van der Waals surface area (Å²) in [7, 11) is 5.32. The molecular weight excluding hydrogens is 302 g/mol. The van der Waals surface area contributed by atoms with E-state index in [9.17, 15) is 15.0 Å². The molecule has 0 saturated heterocycles. The number of carbonyl (C=O) groups excluding carboxylic acids is 1. The third kappa shape index (κ3) is 4.71. The molecule has 1 fully saturated rings. The van der Waals surface area contributed by atoms with Crippen molar-refractivity contribution in [2.75, 3.05) is 27.8 Å². The minimum Gasteiger partial charge on any atom is -0.390 e. The molecule has 1 heterocycles. The summed E-state index contributed by atoms with van der Waals surface area (Å²) in [4.78, 5) is 13.6. The highest BCUT2D eigenvalue weighted by atomic mass is 16.5. The van der Waals surface area contributed by atoms with Crippen LogP contribution in [0, 0.1) is 5.92 Å². The first-order valence-electron chi connectivity index (χ1n) is 7.59. The van der Waals surface area contributed by atoms with Crippen LogP contribution in [0.4, 0.5) is 0 Å². The second-order valence-electron chi connectivity index (χ2n) is 6.25. The molecule has 1 amide bonds. The maximum Gasteiger partial charge on any atom is 0.246 e. The number of amides is 1. The van der Waals surface area contributed by atoms with Gasteiger partial charge in [-0.05, 0) is 20.5 Å². The molecule has 1 aliphatic carbocycles. The van der Waals surface area contributed by atoms with E-state index in [2.05, 4.69) is 15.6 Å². The zero-order valence-corrected chi connectivity index (χ0v) is 13.7. The third-order valence-corrected chi connectivity index (χ3v) is 3.91. The Balaban J connectivity index is 1.92. The highest BCUT2D eigenvalue weighted by molar-refractivity contribution is 5.77. The number of hydrogen-bond acceptors (Lipinski definition) is 7. The summed E-state index contributed by atoms with van der Waals surface area (Å²) in [6.45, 7) is 1.06. The minimum absolute atomic E-state index is 0.0685. The molecule has 1 aromatic heterocycles. The second-order valence-corrected chi connectivity index (χ2v) is 6.25. The van der Waals surface area contributed by atoms with Gasteiger partial charge in [0.25, 0.3) is 0 Å². The Bertz CT molecular complexity index is 521. The molecule has 0 radical (unpaired) electrons. The van der Waals surface area contributed by atoms with E-state index >= 15 is 0 Å². The average Bonchev–Trinajstić information content (AvgIpc) is 3.00. The normalized spacial score (nSPS) is 27.6. The molecule has 3 N–H and O–H groups in total. The van der Waals surface area contributed by atoms with Gasteiger partial charge in [0.2, 0.25) is 5.91 Å². The van der Waals surface area contributed by atoms with E-state index in [1.807, 2.05) is 25.2 Å². The minimum atomic E-state index is -0.995. The Kier molecular flexibility index (Phi) is 6.05. The standard InChI is InChI=1S/C14H25N5O4/c1-18(2)6-10-7-19(17-16-10)5-9-4-11(14(22)13(9)21)15-12(20)8-23-3/h7,9,11,13-14,21-22H,4-6,8H2,1-3H3,(H,15,20)/t9-,11-,13-,14+/m1/s1. The van der Waals surface area contributed by atoms with Gasteiger partial charge in [0, 0.05) is 32.3 Å². The van der Waals surface area contributed by atoms with E-state index in [1.165, 1.54) is 7.11 Å². The molecular formula is C14H25N5O4. The van der Waals surface area contributed by atoms with E-state index < -0.39 is 18.2 Å². The second kappa shape index (κ2) is 7.82. The van der Waals surface area contributed by atoms with Crippen LogP contribution in [0.1, 0.15) is 12.1 Å². The number of carbonyl (C=O) groups is 1. The Morgan fingerprint density at radius 3 is 2.87 bits per heavy atom. The largest absolute Gasteiger partial charge is 0.390 e. The van der Waals surface area contributed by atoms with Gasteiger partial charge in [0.1, 0.15) is 12.7 Å². The van der Waals surface area contributed by atoms with Crippen molar-refractivity contribution in [1.82, 2.24) is 25.2 Å². The molecule has 0 aromatic carbocycles. The number of aromatic nitrogens is 3. The van der Waals surface area contributed by atoms with Crippen LogP contribution in [0.15, 0.2) is 6.20 Å². The van der Waals surface area contributed by atoms with Crippen molar-refractivity contribution in [3.63, 3.8) is 0 Å². The maximum absolute atomic E-state index is 11.6. The van der Waals surface area contributed by atoms with Crippen LogP contribution in [0.25, 0.3) is 0 Å². The highest BCUT2D eigenvalue weighted by Gasteiger charge is 2.42. The monoisotopic (exact) mass is 327 g/mol. The molecule has 23 heavy (non-hydrogen) atoms. The fraction of sp³-hybridized carbons (Fsp3) is 0.786. The molecule has 0 aliphatic heterocycles. The Labute approximate surface area is 135 Å². The lowest BCUT2D eigenvalue weighted by Crippen LogP contribution is -2.44. The van der Waals surface area contributed by atoms with Crippen molar-refractivity contribution in [3.05, 3.63) is 11.9 Å². The first-order valence-corrected chi connectivity index (χ1v) is 7.59. The number of aliphatic hydroxyl groups is 2. The van der Waals surface area contributed by atoms with Gasteiger partial charge in [-0.1, -0.05) is 5.21 Å². The van der Waals surface area contributed by atoms with Crippen molar-refractivity contribution in [2.45, 2.75) is 37.8 Å². The summed E-state index contributed by atoms with van der Waals surface area (Å²) < 4.78 is 6.42. The zero-order chi connectivity index (χ0) is 17.0. The van der Waals surface area contributed by atoms with Crippen LogP contribution in [0.5, 0.6) is 0 Å². The van der Waals surface area contributed by atoms with Crippen molar-refractivity contribution in [1.29, 1.82) is 0 Å². The number of aliphatic hydroxyl groups excluding tert-OH is 2. The SMILES string of the molecule is COCC(=O)N[C@@H]1C[C@H](Cn2cc(CN(C)C)nn2)[C@@H](O)[C@H]1O. The van der Waals surface area contributed by atoms with Crippen LogP contribution < -0.4 is 5.32 Å². The van der Waals surface area contributed by atoms with Crippen molar-refractivity contribution < 1.29 is 19.7 Å². The third-order valence-electron chi connectivity index (χ3n) is 3.91. The summed E-state index contributed by atoms with van der Waals surface area (Å²) in [6, 6.07) is -0.484. The molecule has 1 saturated carbocycles. The molecule has 9 nitrogen and oxygen atoms in total. The molecule has 0 unspecified atom stereocenters. The Morgan fingerprint density at radius 1 is 1.48 bits per heavy atom. The summed E-state index contributed by atoms with van der Waals surface area (Å²) in [6.07, 6.45) is 0.395. The summed E-state index contributed by atoms with van der Waals surface area (Å²) in [5, 5.41) is 31.1. The van der Waals surface area contributed by atoms with Gasteiger partial charge in [-0.3, -0.25) is 9.48 Å². The first kappa shape index (κ1) is 17.8. The predicted octanol–water partition coefficient (Wildman–Crippen LogP) is -1.79. The average molecular weight is 327 g/mol. The van der Waals surface area contributed by atoms with Crippen molar-refractivity contribution in [3.8, 4) is 0 Å². The number of methoxy groups -OCH3 is 1. The van der Waals surface area contributed by atoms with Gasteiger partial charge in [-0.2, -0.15) is 0 Å². The molecule has 0 bridgehead atoms. The highest BCUT2D eigenvalue weighted by Crippen LogP contribution is 2.28. The number of nitrogens with zero attached hydrogens (tertiary/aromatic N) is 4. The quantitative estimate of drug-likeness (QED) is 0.542. The maximum atomic E-state index is 11.6. The van der Waals surface area contributed by atoms with Crippen LogP contribution >= 0.6 is 0 Å². The number of hydrogen-bond donors (Lipinski definition) is 3. The molecule has 4 atom stereocenters. The summed E-state index contributed by atoms with van der Waals surface area (Å²) in [5.41, 5.74) is 0.841. The number of ether oxygens (including phenoxy) is 1. The van der Waals surface area contributed by atoms with E-state index in [4.69, 9.17) is 4.74 Å². The molecule has 0 spiro atoms. The van der Waals surface area contributed by atoms with E-state index in [0.717, 1.165) is 5.69 Å².